The van der Waals surface area contributed by atoms with Crippen LogP contribution in [0.3, 0.4) is 0 Å². The maximum Gasteiger partial charge on any atom is 0.344 e. The van der Waals surface area contributed by atoms with Crippen molar-refractivity contribution in [2.45, 2.75) is 20.8 Å². The number of rotatable bonds is 9. The monoisotopic (exact) mass is 384 g/mol. The highest BCUT2D eigenvalue weighted by molar-refractivity contribution is 5.96. The average Bonchev–Trinajstić information content (AvgIpc) is 2.68. The summed E-state index contributed by atoms with van der Waals surface area (Å²) < 4.78 is 15.9. The highest BCUT2D eigenvalue weighted by atomic mass is 16.6. The van der Waals surface area contributed by atoms with Crippen molar-refractivity contribution in [1.82, 2.24) is 5.43 Å². The lowest BCUT2D eigenvalue weighted by atomic mass is 10.1. The minimum Gasteiger partial charge on any atom is -0.490 e. The predicted octanol–water partition coefficient (Wildman–Crippen LogP) is 3.10. The summed E-state index contributed by atoms with van der Waals surface area (Å²) in [6.07, 6.45) is 1.51. The Morgan fingerprint density at radius 3 is 2.54 bits per heavy atom. The lowest BCUT2D eigenvalue weighted by Gasteiger charge is -2.12. The lowest BCUT2D eigenvalue weighted by molar-refractivity contribution is -0.145. The number of carbonyl (C=O) groups excluding carboxylic acids is 2. The molecule has 148 valence electrons. The Hall–Kier alpha value is -3.35. The van der Waals surface area contributed by atoms with Crippen LogP contribution < -0.4 is 14.9 Å². The molecule has 0 spiro atoms. The number of hydrogen-bond acceptors (Lipinski definition) is 6. The molecule has 7 heteroatoms. The highest BCUT2D eigenvalue weighted by Crippen LogP contribution is 2.28. The summed E-state index contributed by atoms with van der Waals surface area (Å²) in [7, 11) is 0. The van der Waals surface area contributed by atoms with Gasteiger partial charge in [0.15, 0.2) is 18.1 Å². The minimum atomic E-state index is -0.450. The van der Waals surface area contributed by atoms with Crippen molar-refractivity contribution in [3.05, 3.63) is 59.2 Å². The van der Waals surface area contributed by atoms with E-state index in [9.17, 15) is 9.59 Å². The summed E-state index contributed by atoms with van der Waals surface area (Å²) in [4.78, 5) is 23.6. The number of amides is 1. The number of carbonyl (C=O) groups is 2. The molecule has 0 atom stereocenters. The van der Waals surface area contributed by atoms with Gasteiger partial charge in [-0.1, -0.05) is 18.2 Å². The zero-order valence-corrected chi connectivity index (χ0v) is 16.2. The van der Waals surface area contributed by atoms with Gasteiger partial charge in [0.05, 0.1) is 19.4 Å². The van der Waals surface area contributed by atoms with Gasteiger partial charge in [0.1, 0.15) is 0 Å². The number of hydrazone groups is 1. The smallest absolute Gasteiger partial charge is 0.344 e. The largest absolute Gasteiger partial charge is 0.490 e. The maximum absolute atomic E-state index is 12.2. The number of esters is 1. The summed E-state index contributed by atoms with van der Waals surface area (Å²) in [6, 6.07) is 12.4. The molecule has 28 heavy (non-hydrogen) atoms. The molecule has 2 aromatic rings. The molecule has 2 aromatic carbocycles. The summed E-state index contributed by atoms with van der Waals surface area (Å²) in [5.41, 5.74) is 4.65. The standard InChI is InChI=1S/C21H24N2O5/c1-4-26-19-12-16(10-11-18(19)28-14-20(24)27-5-2)13-22-23-21(25)17-9-7-6-8-15(17)3/h6-13H,4-5,14H2,1-3H3,(H,23,25)/b22-13+. The average molecular weight is 384 g/mol. The zero-order valence-electron chi connectivity index (χ0n) is 16.2. The first-order valence-electron chi connectivity index (χ1n) is 8.99. The molecule has 0 radical (unpaired) electrons. The molecular formula is C21H24N2O5. The van der Waals surface area contributed by atoms with Crippen LogP contribution in [0.15, 0.2) is 47.6 Å². The number of nitrogens with zero attached hydrogens (tertiary/aromatic N) is 1. The second kappa shape index (κ2) is 10.7. The topological polar surface area (TPSA) is 86.2 Å². The molecule has 1 N–H and O–H groups in total. The number of benzene rings is 2. The molecule has 0 bridgehead atoms. The fourth-order valence-electron chi connectivity index (χ4n) is 2.39. The van der Waals surface area contributed by atoms with Crippen molar-refractivity contribution in [3.8, 4) is 11.5 Å². The summed E-state index contributed by atoms with van der Waals surface area (Å²) in [5, 5.41) is 3.99. The molecule has 0 saturated carbocycles. The number of nitrogens with one attached hydrogen (secondary N) is 1. The van der Waals surface area contributed by atoms with E-state index in [0.717, 1.165) is 5.56 Å². The fourth-order valence-corrected chi connectivity index (χ4v) is 2.39. The summed E-state index contributed by atoms with van der Waals surface area (Å²) >= 11 is 0. The summed E-state index contributed by atoms with van der Waals surface area (Å²) in [5.74, 6) is 0.167. The van der Waals surface area contributed by atoms with E-state index in [4.69, 9.17) is 14.2 Å². The number of hydrogen-bond donors (Lipinski definition) is 1. The summed E-state index contributed by atoms with van der Waals surface area (Å²) in [6.45, 7) is 5.97. The van der Waals surface area contributed by atoms with Crippen LogP contribution in [0.1, 0.15) is 35.3 Å². The Balaban J connectivity index is 2.04. The first-order valence-corrected chi connectivity index (χ1v) is 8.99. The fraction of sp³-hybridized carbons (Fsp3) is 0.286. The van der Waals surface area contributed by atoms with Crippen molar-refractivity contribution >= 4 is 18.1 Å². The molecule has 2 rings (SSSR count). The third-order valence-electron chi connectivity index (χ3n) is 3.69. The van der Waals surface area contributed by atoms with Gasteiger partial charge in [-0.3, -0.25) is 4.79 Å². The van der Waals surface area contributed by atoms with Crippen LogP contribution in [0.25, 0.3) is 0 Å². The van der Waals surface area contributed by atoms with Gasteiger partial charge in [-0.25, -0.2) is 10.2 Å². The van der Waals surface area contributed by atoms with Crippen molar-refractivity contribution < 1.29 is 23.8 Å². The normalized spacial score (nSPS) is 10.5. The van der Waals surface area contributed by atoms with Crippen molar-refractivity contribution in [3.63, 3.8) is 0 Å². The van der Waals surface area contributed by atoms with Gasteiger partial charge in [-0.05, 0) is 56.2 Å². The molecular weight excluding hydrogens is 360 g/mol. The number of ether oxygens (including phenoxy) is 3. The molecule has 0 aliphatic rings. The van der Waals surface area contributed by atoms with E-state index >= 15 is 0 Å². The van der Waals surface area contributed by atoms with Gasteiger partial charge in [-0.15, -0.1) is 0 Å². The lowest BCUT2D eigenvalue weighted by Crippen LogP contribution is -2.18. The van der Waals surface area contributed by atoms with Crippen LogP contribution in [0.4, 0.5) is 0 Å². The van der Waals surface area contributed by atoms with E-state index in [1.54, 1.807) is 37.3 Å². The van der Waals surface area contributed by atoms with Crippen LogP contribution in [0.5, 0.6) is 11.5 Å². The van der Waals surface area contributed by atoms with Crippen molar-refractivity contribution in [2.24, 2.45) is 5.10 Å². The van der Waals surface area contributed by atoms with Gasteiger partial charge in [0.2, 0.25) is 0 Å². The molecule has 0 fully saturated rings. The van der Waals surface area contributed by atoms with E-state index < -0.39 is 5.97 Å². The molecule has 0 aromatic heterocycles. The van der Waals surface area contributed by atoms with Crippen LogP contribution in [0.2, 0.25) is 0 Å². The van der Waals surface area contributed by atoms with E-state index in [0.29, 0.717) is 35.8 Å². The SMILES string of the molecule is CCOC(=O)COc1ccc(/C=N/NC(=O)c2ccccc2C)cc1OCC. The third-order valence-corrected chi connectivity index (χ3v) is 3.69. The van der Waals surface area contributed by atoms with Crippen molar-refractivity contribution in [2.75, 3.05) is 19.8 Å². The third kappa shape index (κ3) is 6.12. The zero-order chi connectivity index (χ0) is 20.4. The van der Waals surface area contributed by atoms with Gasteiger partial charge < -0.3 is 14.2 Å². The molecule has 7 nitrogen and oxygen atoms in total. The molecule has 0 saturated heterocycles. The van der Waals surface area contributed by atoms with E-state index in [1.165, 1.54) is 6.21 Å². The Morgan fingerprint density at radius 2 is 1.82 bits per heavy atom. The van der Waals surface area contributed by atoms with Gasteiger partial charge >= 0.3 is 5.97 Å². The highest BCUT2D eigenvalue weighted by Gasteiger charge is 2.10. The second-order valence-electron chi connectivity index (χ2n) is 5.75. The van der Waals surface area contributed by atoms with Crippen molar-refractivity contribution in [1.29, 1.82) is 0 Å². The second-order valence-corrected chi connectivity index (χ2v) is 5.75. The van der Waals surface area contributed by atoms with E-state index in [1.807, 2.05) is 26.0 Å². The Bertz CT molecular complexity index is 848. The van der Waals surface area contributed by atoms with Crippen LogP contribution in [0, 0.1) is 6.92 Å². The maximum atomic E-state index is 12.2. The molecule has 0 aliphatic heterocycles. The Labute approximate surface area is 164 Å². The van der Waals surface area contributed by atoms with Gasteiger partial charge in [0, 0.05) is 5.56 Å². The Kier molecular flexibility index (Phi) is 8.02. The van der Waals surface area contributed by atoms with Gasteiger partial charge in [0.25, 0.3) is 5.91 Å². The first-order chi connectivity index (χ1) is 13.5. The van der Waals surface area contributed by atoms with Crippen LogP contribution in [-0.4, -0.2) is 37.9 Å². The van der Waals surface area contributed by atoms with Crippen LogP contribution in [-0.2, 0) is 9.53 Å². The Morgan fingerprint density at radius 1 is 1.04 bits per heavy atom. The van der Waals surface area contributed by atoms with Gasteiger partial charge in [-0.2, -0.15) is 5.10 Å². The van der Waals surface area contributed by atoms with Crippen LogP contribution >= 0.6 is 0 Å². The molecule has 1 amide bonds. The quantitative estimate of drug-likeness (QED) is 0.408. The van der Waals surface area contributed by atoms with E-state index in [2.05, 4.69) is 10.5 Å². The first kappa shape index (κ1) is 21.0. The number of aryl methyl sites for hydroxylation is 1. The molecule has 0 unspecified atom stereocenters. The molecule has 0 aliphatic carbocycles. The minimum absolute atomic E-state index is 0.201. The predicted molar refractivity (Wildman–Crippen MR) is 106 cm³/mol. The van der Waals surface area contributed by atoms with E-state index in [-0.39, 0.29) is 12.5 Å². The molecule has 0 heterocycles.